The van der Waals surface area contributed by atoms with Gasteiger partial charge in [0.15, 0.2) is 0 Å². The van der Waals surface area contributed by atoms with Crippen LogP contribution in [-0.2, 0) is 10.2 Å². The fourth-order valence-corrected chi connectivity index (χ4v) is 5.18. The Labute approximate surface area is 223 Å². The maximum Gasteiger partial charge on any atom is 0.325 e. The molecule has 2 aromatic carbocycles. The highest BCUT2D eigenvalue weighted by Gasteiger charge is 2.32. The Morgan fingerprint density at radius 1 is 0.892 bits per heavy atom. The molecule has 0 aliphatic heterocycles. The molecular weight excluding hydrogens is 462 g/mol. The van der Waals surface area contributed by atoms with Crippen LogP contribution in [-0.4, -0.2) is 33.7 Å². The smallest absolute Gasteiger partial charge is 0.325 e. The van der Waals surface area contributed by atoms with Gasteiger partial charge in [-0.3, -0.25) is 9.59 Å². The number of hydrogen-bond acceptors (Lipinski definition) is 3. The van der Waals surface area contributed by atoms with E-state index in [1.54, 1.807) is 0 Å². The lowest BCUT2D eigenvalue weighted by atomic mass is 9.69. The van der Waals surface area contributed by atoms with Gasteiger partial charge in [0, 0.05) is 11.0 Å². The Balaban J connectivity index is 2.43. The van der Waals surface area contributed by atoms with Gasteiger partial charge in [-0.2, -0.15) is 0 Å². The van der Waals surface area contributed by atoms with Crippen molar-refractivity contribution in [1.82, 2.24) is 5.32 Å². The van der Waals surface area contributed by atoms with Gasteiger partial charge in [-0.1, -0.05) is 77.1 Å². The standard InChI is InChI=1S/C32H45NO4/c1-9-31(37,10-2)18-17-21(5)27-15-13-25(19-22(27)6)32(11-3,12-4)26-14-16-28(23(7)20-26)29(34)33-24(8)30(35)36/h13-21,24,37H,9-12H2,1-8H3,(H,33,34)(H,35,36)/b18-17+. The van der Waals surface area contributed by atoms with Crippen molar-refractivity contribution in [2.75, 3.05) is 0 Å². The predicted octanol–water partition coefficient (Wildman–Crippen LogP) is 6.82. The van der Waals surface area contributed by atoms with Gasteiger partial charge in [0.25, 0.3) is 5.91 Å². The second-order valence-electron chi connectivity index (χ2n) is 10.4. The summed E-state index contributed by atoms with van der Waals surface area (Å²) < 4.78 is 0. The molecule has 0 bridgehead atoms. The molecule has 2 unspecified atom stereocenters. The third-order valence-electron chi connectivity index (χ3n) is 8.18. The average molecular weight is 508 g/mol. The molecule has 5 nitrogen and oxygen atoms in total. The van der Waals surface area contributed by atoms with Crippen LogP contribution in [0.5, 0.6) is 0 Å². The zero-order valence-electron chi connectivity index (χ0n) is 23.8. The van der Waals surface area contributed by atoms with Crippen molar-refractivity contribution in [3.05, 3.63) is 81.9 Å². The van der Waals surface area contributed by atoms with Crippen LogP contribution in [0.3, 0.4) is 0 Å². The zero-order valence-corrected chi connectivity index (χ0v) is 23.8. The molecule has 0 radical (unpaired) electrons. The first-order chi connectivity index (χ1) is 17.4. The normalized spacial score (nSPS) is 14.0. The molecule has 2 rings (SSSR count). The first-order valence-corrected chi connectivity index (χ1v) is 13.6. The van der Waals surface area contributed by atoms with Crippen molar-refractivity contribution in [3.63, 3.8) is 0 Å². The second-order valence-corrected chi connectivity index (χ2v) is 10.4. The number of carboxylic acid groups (broad SMARTS) is 1. The number of carboxylic acids is 1. The topological polar surface area (TPSA) is 86.6 Å². The van der Waals surface area contributed by atoms with Crippen molar-refractivity contribution in [2.24, 2.45) is 0 Å². The van der Waals surface area contributed by atoms with Gasteiger partial charge >= 0.3 is 5.97 Å². The van der Waals surface area contributed by atoms with Gasteiger partial charge in [-0.25, -0.2) is 0 Å². The molecule has 0 saturated carbocycles. The lowest BCUT2D eigenvalue weighted by Gasteiger charge is -2.34. The molecule has 0 heterocycles. The number of hydrogen-bond donors (Lipinski definition) is 3. The maximum atomic E-state index is 12.7. The number of benzene rings is 2. The molecule has 0 fully saturated rings. The summed E-state index contributed by atoms with van der Waals surface area (Å²) in [6.45, 7) is 16.1. The van der Waals surface area contributed by atoms with Crippen LogP contribution in [0.1, 0.15) is 111 Å². The average Bonchev–Trinajstić information content (AvgIpc) is 2.88. The summed E-state index contributed by atoms with van der Waals surface area (Å²) in [6, 6.07) is 11.6. The number of rotatable bonds is 12. The summed E-state index contributed by atoms with van der Waals surface area (Å²) >= 11 is 0. The summed E-state index contributed by atoms with van der Waals surface area (Å²) in [6.07, 6.45) is 7.25. The van der Waals surface area contributed by atoms with E-state index in [2.05, 4.69) is 63.4 Å². The summed E-state index contributed by atoms with van der Waals surface area (Å²) in [4.78, 5) is 23.8. The largest absolute Gasteiger partial charge is 0.480 e. The Morgan fingerprint density at radius 2 is 1.43 bits per heavy atom. The van der Waals surface area contributed by atoms with Crippen LogP contribution in [0.15, 0.2) is 48.6 Å². The van der Waals surface area contributed by atoms with Gasteiger partial charge in [0.05, 0.1) is 5.60 Å². The molecule has 202 valence electrons. The number of aryl methyl sites for hydroxylation is 2. The lowest BCUT2D eigenvalue weighted by molar-refractivity contribution is -0.138. The minimum atomic E-state index is -1.06. The molecule has 0 aliphatic carbocycles. The summed E-state index contributed by atoms with van der Waals surface area (Å²) in [5.74, 6) is -1.25. The van der Waals surface area contributed by atoms with Crippen LogP contribution in [0.2, 0.25) is 0 Å². The van der Waals surface area contributed by atoms with E-state index in [-0.39, 0.29) is 17.2 Å². The van der Waals surface area contributed by atoms with Crippen LogP contribution < -0.4 is 5.32 Å². The summed E-state index contributed by atoms with van der Waals surface area (Å²) in [5, 5.41) is 22.3. The van der Waals surface area contributed by atoms with Gasteiger partial charge in [-0.05, 0) is 86.3 Å². The third kappa shape index (κ3) is 6.70. The lowest BCUT2D eigenvalue weighted by Crippen LogP contribution is -2.38. The Bertz CT molecular complexity index is 1130. The van der Waals surface area contributed by atoms with Crippen molar-refractivity contribution >= 4 is 11.9 Å². The molecule has 2 atom stereocenters. The Hall–Kier alpha value is -2.92. The second kappa shape index (κ2) is 12.6. The highest BCUT2D eigenvalue weighted by atomic mass is 16.4. The van der Waals surface area contributed by atoms with E-state index in [1.165, 1.54) is 23.6 Å². The monoisotopic (exact) mass is 507 g/mol. The van der Waals surface area contributed by atoms with Crippen molar-refractivity contribution in [2.45, 2.75) is 104 Å². The number of allylic oxidation sites excluding steroid dienone is 1. The summed E-state index contributed by atoms with van der Waals surface area (Å²) in [7, 11) is 0. The third-order valence-corrected chi connectivity index (χ3v) is 8.18. The van der Waals surface area contributed by atoms with Crippen molar-refractivity contribution < 1.29 is 19.8 Å². The molecule has 0 aliphatic rings. The molecule has 0 aromatic heterocycles. The van der Waals surface area contributed by atoms with Gasteiger partial charge in [0.1, 0.15) is 6.04 Å². The molecule has 0 spiro atoms. The van der Waals surface area contributed by atoms with Gasteiger partial charge in [0.2, 0.25) is 0 Å². The molecule has 5 heteroatoms. The maximum absolute atomic E-state index is 12.7. The molecule has 37 heavy (non-hydrogen) atoms. The molecule has 3 N–H and O–H groups in total. The van der Waals surface area contributed by atoms with E-state index in [1.807, 2.05) is 39.0 Å². The number of aliphatic hydroxyl groups is 1. The predicted molar refractivity (Wildman–Crippen MR) is 151 cm³/mol. The van der Waals surface area contributed by atoms with Crippen LogP contribution >= 0.6 is 0 Å². The summed E-state index contributed by atoms with van der Waals surface area (Å²) in [5.41, 5.74) is 5.20. The van der Waals surface area contributed by atoms with E-state index in [0.29, 0.717) is 18.4 Å². The minimum absolute atomic E-state index is 0.185. The van der Waals surface area contributed by atoms with Crippen molar-refractivity contribution in [3.8, 4) is 0 Å². The van der Waals surface area contributed by atoms with Crippen molar-refractivity contribution in [1.29, 1.82) is 0 Å². The van der Waals surface area contributed by atoms with Crippen LogP contribution in [0.25, 0.3) is 0 Å². The number of carbonyl (C=O) groups is 2. The number of aliphatic carboxylic acids is 1. The SMILES string of the molecule is CCC(O)(/C=C/C(C)c1ccc(C(CC)(CC)c2ccc(C(=O)NC(C)C(=O)O)c(C)c2)cc1C)CC. The van der Waals surface area contributed by atoms with E-state index >= 15 is 0 Å². The first-order valence-electron chi connectivity index (χ1n) is 13.6. The van der Waals surface area contributed by atoms with E-state index in [9.17, 15) is 14.7 Å². The van der Waals surface area contributed by atoms with Gasteiger partial charge < -0.3 is 15.5 Å². The van der Waals surface area contributed by atoms with Gasteiger partial charge in [-0.15, -0.1) is 0 Å². The molecule has 2 aromatic rings. The van der Waals surface area contributed by atoms with Crippen LogP contribution in [0, 0.1) is 13.8 Å². The fourth-order valence-electron chi connectivity index (χ4n) is 5.18. The zero-order chi connectivity index (χ0) is 28.0. The highest BCUT2D eigenvalue weighted by Crippen LogP contribution is 2.41. The number of nitrogens with one attached hydrogen (secondary N) is 1. The molecule has 0 saturated heterocycles. The van der Waals surface area contributed by atoms with E-state index < -0.39 is 17.6 Å². The quantitative estimate of drug-likeness (QED) is 0.275. The Kier molecular flexibility index (Phi) is 10.3. The van der Waals surface area contributed by atoms with E-state index in [4.69, 9.17) is 5.11 Å². The minimum Gasteiger partial charge on any atom is -0.480 e. The highest BCUT2D eigenvalue weighted by molar-refractivity contribution is 5.97. The number of carbonyl (C=O) groups excluding carboxylic acids is 1. The van der Waals surface area contributed by atoms with E-state index in [0.717, 1.165) is 24.0 Å². The number of amides is 1. The molecule has 1 amide bonds. The first kappa shape index (κ1) is 30.3. The van der Waals surface area contributed by atoms with Crippen LogP contribution in [0.4, 0.5) is 0 Å². The Morgan fingerprint density at radius 3 is 1.89 bits per heavy atom. The molecular formula is C32H45NO4. The fraction of sp³-hybridized carbons (Fsp3) is 0.500.